The molecule has 0 bridgehead atoms. The summed E-state index contributed by atoms with van der Waals surface area (Å²) in [5.74, 6) is 0. The Morgan fingerprint density at radius 1 is 1.00 bits per heavy atom. The molecule has 0 aliphatic carbocycles. The van der Waals surface area contributed by atoms with Crippen LogP contribution in [-0.4, -0.2) is 20.3 Å². The van der Waals surface area contributed by atoms with Crippen molar-refractivity contribution in [3.8, 4) is 0 Å². The van der Waals surface area contributed by atoms with Crippen molar-refractivity contribution in [2.45, 2.75) is 26.4 Å². The summed E-state index contributed by atoms with van der Waals surface area (Å²) in [4.78, 5) is 0. The van der Waals surface area contributed by atoms with E-state index in [1.165, 1.54) is 11.1 Å². The molecule has 0 aliphatic rings. The second-order valence-electron chi connectivity index (χ2n) is 3.57. The average Bonchev–Trinajstić information content (AvgIpc) is 2.30. The van der Waals surface area contributed by atoms with Crippen LogP contribution in [0.3, 0.4) is 0 Å². The Morgan fingerprint density at radius 2 is 1.67 bits per heavy atom. The molecule has 0 saturated carbocycles. The van der Waals surface area contributed by atoms with E-state index >= 15 is 0 Å². The van der Waals surface area contributed by atoms with Crippen LogP contribution >= 0.6 is 0 Å². The van der Waals surface area contributed by atoms with Gasteiger partial charge in [0.25, 0.3) is 0 Å². The number of hydrogen-bond donors (Lipinski definition) is 0. The van der Waals surface area contributed by atoms with Gasteiger partial charge in [-0.25, -0.2) is 0 Å². The second kappa shape index (κ2) is 7.43. The topological polar surface area (TPSA) is 18.5 Å². The van der Waals surface area contributed by atoms with Crippen LogP contribution in [0, 0.1) is 0 Å². The first-order valence-corrected chi connectivity index (χ1v) is 5.51. The van der Waals surface area contributed by atoms with E-state index in [-0.39, 0.29) is 0 Å². The van der Waals surface area contributed by atoms with Gasteiger partial charge in [0, 0.05) is 20.3 Å². The van der Waals surface area contributed by atoms with Crippen molar-refractivity contribution in [1.82, 2.24) is 0 Å². The summed E-state index contributed by atoms with van der Waals surface area (Å²) in [6.45, 7) is 4.40. The number of rotatable bonds is 7. The summed E-state index contributed by atoms with van der Waals surface area (Å²) in [7, 11) is 1.71. The molecule has 0 spiro atoms. The fraction of sp³-hybridized carbons (Fsp3) is 0.538. The van der Waals surface area contributed by atoms with E-state index in [1.54, 1.807) is 7.11 Å². The van der Waals surface area contributed by atoms with E-state index in [1.807, 2.05) is 0 Å². The van der Waals surface area contributed by atoms with E-state index < -0.39 is 0 Å². The minimum atomic E-state index is 0.702. The maximum Gasteiger partial charge on any atom is 0.0716 e. The number of aryl methyl sites for hydroxylation is 1. The van der Waals surface area contributed by atoms with Crippen molar-refractivity contribution < 1.29 is 9.47 Å². The van der Waals surface area contributed by atoms with E-state index in [2.05, 4.69) is 31.2 Å². The largest absolute Gasteiger partial charge is 0.385 e. The van der Waals surface area contributed by atoms with Gasteiger partial charge in [0.05, 0.1) is 6.61 Å². The van der Waals surface area contributed by atoms with Crippen LogP contribution in [0.5, 0.6) is 0 Å². The Balaban J connectivity index is 2.20. The highest BCUT2D eigenvalue weighted by molar-refractivity contribution is 5.21. The van der Waals surface area contributed by atoms with Crippen LogP contribution in [0.1, 0.15) is 24.5 Å². The SMILES string of the molecule is CCc1ccc(COCCCOC)cc1. The van der Waals surface area contributed by atoms with Crippen molar-refractivity contribution in [3.63, 3.8) is 0 Å². The number of hydrogen-bond acceptors (Lipinski definition) is 2. The molecule has 0 saturated heterocycles. The molecule has 0 fully saturated rings. The number of benzene rings is 1. The maximum atomic E-state index is 5.52. The van der Waals surface area contributed by atoms with Gasteiger partial charge in [-0.05, 0) is 24.0 Å². The van der Waals surface area contributed by atoms with Crippen molar-refractivity contribution >= 4 is 0 Å². The summed E-state index contributed by atoms with van der Waals surface area (Å²) < 4.78 is 10.5. The fourth-order valence-electron chi connectivity index (χ4n) is 1.37. The van der Waals surface area contributed by atoms with E-state index in [9.17, 15) is 0 Å². The lowest BCUT2D eigenvalue weighted by molar-refractivity contribution is 0.0928. The summed E-state index contributed by atoms with van der Waals surface area (Å²) in [6, 6.07) is 8.59. The van der Waals surface area contributed by atoms with Gasteiger partial charge < -0.3 is 9.47 Å². The molecule has 0 amide bonds. The highest BCUT2D eigenvalue weighted by Gasteiger charge is 1.94. The molecule has 0 aliphatic heterocycles. The predicted octanol–water partition coefficient (Wildman–Crippen LogP) is 2.80. The van der Waals surface area contributed by atoms with E-state index in [4.69, 9.17) is 9.47 Å². The summed E-state index contributed by atoms with van der Waals surface area (Å²) in [5, 5.41) is 0. The fourth-order valence-corrected chi connectivity index (χ4v) is 1.37. The highest BCUT2D eigenvalue weighted by atomic mass is 16.5. The van der Waals surface area contributed by atoms with Gasteiger partial charge in [-0.1, -0.05) is 31.2 Å². The molecule has 0 radical (unpaired) electrons. The molecule has 1 aromatic carbocycles. The second-order valence-corrected chi connectivity index (χ2v) is 3.57. The Kier molecular flexibility index (Phi) is 6.05. The van der Waals surface area contributed by atoms with Gasteiger partial charge in [-0.15, -0.1) is 0 Å². The van der Waals surface area contributed by atoms with Gasteiger partial charge in [0.2, 0.25) is 0 Å². The zero-order chi connectivity index (χ0) is 10.9. The monoisotopic (exact) mass is 208 g/mol. The normalized spacial score (nSPS) is 10.5. The first-order chi connectivity index (χ1) is 7.36. The summed E-state index contributed by atoms with van der Waals surface area (Å²) >= 11 is 0. The first kappa shape index (κ1) is 12.2. The lowest BCUT2D eigenvalue weighted by atomic mass is 10.1. The molecule has 0 aromatic heterocycles. The zero-order valence-electron chi connectivity index (χ0n) is 9.66. The Hall–Kier alpha value is -0.860. The minimum Gasteiger partial charge on any atom is -0.385 e. The average molecular weight is 208 g/mol. The Labute approximate surface area is 92.2 Å². The molecule has 0 N–H and O–H groups in total. The van der Waals surface area contributed by atoms with Crippen LogP contribution in [0.25, 0.3) is 0 Å². The number of ether oxygens (including phenoxy) is 2. The molecular formula is C13H20O2. The summed E-state index contributed by atoms with van der Waals surface area (Å²) in [5.41, 5.74) is 2.61. The van der Waals surface area contributed by atoms with Crippen LogP contribution in [-0.2, 0) is 22.5 Å². The molecule has 1 aromatic rings. The molecule has 0 heterocycles. The lowest BCUT2D eigenvalue weighted by Crippen LogP contribution is -1.99. The molecular weight excluding hydrogens is 188 g/mol. The third-order valence-corrected chi connectivity index (χ3v) is 2.34. The quantitative estimate of drug-likeness (QED) is 0.641. The van der Waals surface area contributed by atoms with Crippen LogP contribution in [0.4, 0.5) is 0 Å². The molecule has 2 nitrogen and oxygen atoms in total. The van der Waals surface area contributed by atoms with Crippen molar-refractivity contribution in [1.29, 1.82) is 0 Å². The molecule has 1 rings (SSSR count). The minimum absolute atomic E-state index is 0.702. The van der Waals surface area contributed by atoms with Gasteiger partial charge in [0.1, 0.15) is 0 Å². The van der Waals surface area contributed by atoms with Gasteiger partial charge >= 0.3 is 0 Å². The molecule has 2 heteroatoms. The molecule has 0 unspecified atom stereocenters. The van der Waals surface area contributed by atoms with Crippen molar-refractivity contribution in [2.75, 3.05) is 20.3 Å². The predicted molar refractivity (Wildman–Crippen MR) is 62.0 cm³/mol. The lowest BCUT2D eigenvalue weighted by Gasteiger charge is -2.04. The standard InChI is InChI=1S/C13H20O2/c1-3-12-5-7-13(8-6-12)11-15-10-4-9-14-2/h5-8H,3-4,9-11H2,1-2H3. The Bertz CT molecular complexity index is 254. The number of methoxy groups -OCH3 is 1. The molecule has 84 valence electrons. The van der Waals surface area contributed by atoms with Crippen molar-refractivity contribution in [3.05, 3.63) is 35.4 Å². The van der Waals surface area contributed by atoms with E-state index in [0.29, 0.717) is 6.61 Å². The van der Waals surface area contributed by atoms with Crippen LogP contribution < -0.4 is 0 Å². The van der Waals surface area contributed by atoms with Crippen LogP contribution in [0.15, 0.2) is 24.3 Å². The molecule has 0 atom stereocenters. The first-order valence-electron chi connectivity index (χ1n) is 5.51. The Morgan fingerprint density at radius 3 is 2.27 bits per heavy atom. The van der Waals surface area contributed by atoms with Crippen LogP contribution in [0.2, 0.25) is 0 Å². The maximum absolute atomic E-state index is 5.52. The highest BCUT2D eigenvalue weighted by Crippen LogP contribution is 2.06. The van der Waals surface area contributed by atoms with Crippen molar-refractivity contribution in [2.24, 2.45) is 0 Å². The van der Waals surface area contributed by atoms with Gasteiger partial charge in [-0.2, -0.15) is 0 Å². The zero-order valence-corrected chi connectivity index (χ0v) is 9.66. The molecule has 15 heavy (non-hydrogen) atoms. The third-order valence-electron chi connectivity index (χ3n) is 2.34. The van der Waals surface area contributed by atoms with E-state index in [0.717, 1.165) is 26.1 Å². The van der Waals surface area contributed by atoms with Gasteiger partial charge in [-0.3, -0.25) is 0 Å². The van der Waals surface area contributed by atoms with Gasteiger partial charge in [0.15, 0.2) is 0 Å². The third kappa shape index (κ3) is 4.96. The smallest absolute Gasteiger partial charge is 0.0716 e. The summed E-state index contributed by atoms with van der Waals surface area (Å²) in [6.07, 6.45) is 2.05.